The Hall–Kier alpha value is -1.74. The number of nitrogens with zero attached hydrogens (tertiary/aromatic N) is 2. The van der Waals surface area contributed by atoms with Crippen LogP contribution in [0.25, 0.3) is 0 Å². The fraction of sp³-hybridized carbons (Fsp3) is 0.333. The van der Waals surface area contributed by atoms with Crippen LogP contribution in [0, 0.1) is 6.92 Å². The highest BCUT2D eigenvalue weighted by atomic mass is 14.9. The summed E-state index contributed by atoms with van der Waals surface area (Å²) in [6.07, 6.45) is 4.03. The highest BCUT2D eigenvalue weighted by Crippen LogP contribution is 2.18. The van der Waals surface area contributed by atoms with Crippen molar-refractivity contribution in [1.82, 2.24) is 9.97 Å². The van der Waals surface area contributed by atoms with Crippen molar-refractivity contribution >= 4 is 0 Å². The molecule has 0 fully saturated rings. The smallest absolute Gasteiger partial charge is 0.125 e. The standard InChI is InChI=1S/C15H19N3/c1-3-4-12-5-7-13(8-6-12)15(16)14-9-10-17-11(2)18-14/h5-10,15H,3-4,16H2,1-2H3. The first-order chi connectivity index (χ1) is 8.70. The van der Waals surface area contributed by atoms with Gasteiger partial charge >= 0.3 is 0 Å². The van der Waals surface area contributed by atoms with Crippen LogP contribution in [0.3, 0.4) is 0 Å². The summed E-state index contributed by atoms with van der Waals surface area (Å²) in [6, 6.07) is 10.2. The van der Waals surface area contributed by atoms with Gasteiger partial charge in [-0.3, -0.25) is 0 Å². The Bertz CT molecular complexity index is 505. The monoisotopic (exact) mass is 241 g/mol. The van der Waals surface area contributed by atoms with Crippen molar-refractivity contribution in [2.75, 3.05) is 0 Å². The minimum Gasteiger partial charge on any atom is -0.319 e. The molecule has 1 heterocycles. The Morgan fingerprint density at radius 1 is 1.17 bits per heavy atom. The number of aryl methyl sites for hydroxylation is 2. The summed E-state index contributed by atoms with van der Waals surface area (Å²) in [5.74, 6) is 0.755. The second kappa shape index (κ2) is 5.74. The molecule has 3 nitrogen and oxygen atoms in total. The number of nitrogens with two attached hydrogens (primary N) is 1. The van der Waals surface area contributed by atoms with E-state index in [-0.39, 0.29) is 6.04 Å². The van der Waals surface area contributed by atoms with Crippen molar-refractivity contribution < 1.29 is 0 Å². The molecular weight excluding hydrogens is 222 g/mol. The SMILES string of the molecule is CCCc1ccc(C(N)c2ccnc(C)n2)cc1. The second-order valence-corrected chi connectivity index (χ2v) is 4.50. The third-order valence-electron chi connectivity index (χ3n) is 2.99. The predicted octanol–water partition coefficient (Wildman–Crippen LogP) is 2.79. The van der Waals surface area contributed by atoms with Gasteiger partial charge in [0.05, 0.1) is 11.7 Å². The fourth-order valence-electron chi connectivity index (χ4n) is 2.00. The van der Waals surface area contributed by atoms with Gasteiger partial charge in [-0.15, -0.1) is 0 Å². The Balaban J connectivity index is 2.20. The average molecular weight is 241 g/mol. The van der Waals surface area contributed by atoms with E-state index in [2.05, 4.69) is 41.2 Å². The van der Waals surface area contributed by atoms with E-state index in [0.29, 0.717) is 0 Å². The maximum atomic E-state index is 6.22. The van der Waals surface area contributed by atoms with Crippen LogP contribution < -0.4 is 5.73 Å². The van der Waals surface area contributed by atoms with E-state index in [1.165, 1.54) is 5.56 Å². The largest absolute Gasteiger partial charge is 0.319 e. The molecule has 2 aromatic rings. The Kier molecular flexibility index (Phi) is 4.05. The van der Waals surface area contributed by atoms with Crippen LogP contribution >= 0.6 is 0 Å². The van der Waals surface area contributed by atoms with E-state index in [1.54, 1.807) is 6.20 Å². The first-order valence-corrected chi connectivity index (χ1v) is 6.34. The summed E-state index contributed by atoms with van der Waals surface area (Å²) in [7, 11) is 0. The van der Waals surface area contributed by atoms with Crippen LogP contribution in [0.4, 0.5) is 0 Å². The van der Waals surface area contributed by atoms with Gasteiger partial charge in [0.2, 0.25) is 0 Å². The summed E-state index contributed by atoms with van der Waals surface area (Å²) in [6.45, 7) is 4.06. The van der Waals surface area contributed by atoms with Crippen molar-refractivity contribution in [2.24, 2.45) is 5.73 Å². The molecule has 1 aromatic heterocycles. The number of hydrogen-bond acceptors (Lipinski definition) is 3. The maximum Gasteiger partial charge on any atom is 0.125 e. The lowest BCUT2D eigenvalue weighted by Gasteiger charge is -2.12. The lowest BCUT2D eigenvalue weighted by atomic mass is 10.0. The number of rotatable bonds is 4. The van der Waals surface area contributed by atoms with Gasteiger partial charge in [-0.1, -0.05) is 37.6 Å². The summed E-state index contributed by atoms with van der Waals surface area (Å²) < 4.78 is 0. The molecule has 2 N–H and O–H groups in total. The van der Waals surface area contributed by atoms with Crippen LogP contribution in [0.2, 0.25) is 0 Å². The molecule has 2 rings (SSSR count). The third kappa shape index (κ3) is 2.93. The molecule has 1 unspecified atom stereocenters. The van der Waals surface area contributed by atoms with Crippen molar-refractivity contribution in [3.63, 3.8) is 0 Å². The van der Waals surface area contributed by atoms with Gasteiger partial charge in [-0.2, -0.15) is 0 Å². The molecule has 0 saturated heterocycles. The maximum absolute atomic E-state index is 6.22. The van der Waals surface area contributed by atoms with Crippen LogP contribution in [-0.4, -0.2) is 9.97 Å². The van der Waals surface area contributed by atoms with Crippen LogP contribution in [-0.2, 0) is 6.42 Å². The molecule has 0 radical (unpaired) electrons. The highest BCUT2D eigenvalue weighted by molar-refractivity contribution is 5.30. The molecule has 0 amide bonds. The van der Waals surface area contributed by atoms with Gasteiger partial charge in [-0.05, 0) is 30.5 Å². The zero-order valence-corrected chi connectivity index (χ0v) is 10.9. The van der Waals surface area contributed by atoms with Crippen LogP contribution in [0.5, 0.6) is 0 Å². The lowest BCUT2D eigenvalue weighted by Crippen LogP contribution is -2.14. The number of aromatic nitrogens is 2. The Morgan fingerprint density at radius 3 is 2.50 bits per heavy atom. The molecule has 3 heteroatoms. The Morgan fingerprint density at radius 2 is 1.89 bits per heavy atom. The van der Waals surface area contributed by atoms with E-state index in [1.807, 2.05) is 13.0 Å². The zero-order valence-electron chi connectivity index (χ0n) is 10.9. The average Bonchev–Trinajstić information content (AvgIpc) is 2.39. The zero-order chi connectivity index (χ0) is 13.0. The van der Waals surface area contributed by atoms with Crippen LogP contribution in [0.1, 0.15) is 42.0 Å². The molecule has 0 aliphatic carbocycles. The van der Waals surface area contributed by atoms with Gasteiger partial charge < -0.3 is 5.73 Å². The predicted molar refractivity (Wildman–Crippen MR) is 73.2 cm³/mol. The molecule has 94 valence electrons. The molecule has 1 atom stereocenters. The molecule has 0 saturated carbocycles. The normalized spacial score (nSPS) is 12.4. The van der Waals surface area contributed by atoms with E-state index < -0.39 is 0 Å². The van der Waals surface area contributed by atoms with Crippen molar-refractivity contribution in [3.8, 4) is 0 Å². The van der Waals surface area contributed by atoms with E-state index in [0.717, 1.165) is 29.9 Å². The van der Waals surface area contributed by atoms with Gasteiger partial charge in [0, 0.05) is 6.20 Å². The van der Waals surface area contributed by atoms with E-state index >= 15 is 0 Å². The molecule has 0 spiro atoms. The van der Waals surface area contributed by atoms with Gasteiger partial charge in [0.1, 0.15) is 5.82 Å². The molecule has 0 aliphatic rings. The molecule has 0 aliphatic heterocycles. The highest BCUT2D eigenvalue weighted by Gasteiger charge is 2.10. The van der Waals surface area contributed by atoms with Crippen molar-refractivity contribution in [1.29, 1.82) is 0 Å². The number of benzene rings is 1. The topological polar surface area (TPSA) is 51.8 Å². The minimum absolute atomic E-state index is 0.178. The summed E-state index contributed by atoms with van der Waals surface area (Å²) in [5.41, 5.74) is 9.53. The van der Waals surface area contributed by atoms with E-state index in [9.17, 15) is 0 Å². The molecule has 18 heavy (non-hydrogen) atoms. The summed E-state index contributed by atoms with van der Waals surface area (Å²) in [5, 5.41) is 0. The van der Waals surface area contributed by atoms with Crippen molar-refractivity contribution in [3.05, 3.63) is 59.2 Å². The number of hydrogen-bond donors (Lipinski definition) is 1. The van der Waals surface area contributed by atoms with Gasteiger partial charge in [-0.25, -0.2) is 9.97 Å². The fourth-order valence-corrected chi connectivity index (χ4v) is 2.00. The van der Waals surface area contributed by atoms with Gasteiger partial charge in [0.15, 0.2) is 0 Å². The molecule has 0 bridgehead atoms. The summed E-state index contributed by atoms with van der Waals surface area (Å²) >= 11 is 0. The lowest BCUT2D eigenvalue weighted by molar-refractivity contribution is 0.805. The first-order valence-electron chi connectivity index (χ1n) is 6.34. The molecule has 1 aromatic carbocycles. The Labute approximate surface area is 108 Å². The van der Waals surface area contributed by atoms with Gasteiger partial charge in [0.25, 0.3) is 0 Å². The van der Waals surface area contributed by atoms with Crippen LogP contribution in [0.15, 0.2) is 36.5 Å². The van der Waals surface area contributed by atoms with E-state index in [4.69, 9.17) is 5.73 Å². The first kappa shape index (κ1) is 12.7. The molecular formula is C15H19N3. The quantitative estimate of drug-likeness (QED) is 0.895. The third-order valence-corrected chi connectivity index (χ3v) is 2.99. The minimum atomic E-state index is -0.178. The van der Waals surface area contributed by atoms with Crippen molar-refractivity contribution in [2.45, 2.75) is 32.7 Å². The summed E-state index contributed by atoms with van der Waals surface area (Å²) in [4.78, 5) is 8.46. The second-order valence-electron chi connectivity index (χ2n) is 4.50.